The summed E-state index contributed by atoms with van der Waals surface area (Å²) in [5.74, 6) is 0.947. The Morgan fingerprint density at radius 1 is 1.08 bits per heavy atom. The topological polar surface area (TPSA) is 37.8 Å². The normalized spacial score (nSPS) is 16.3. The van der Waals surface area contributed by atoms with E-state index in [0.717, 1.165) is 15.2 Å². The molecule has 0 atom stereocenters. The molecule has 3 nitrogen and oxygen atoms in total. The maximum absolute atomic E-state index is 4.32. The summed E-state index contributed by atoms with van der Waals surface area (Å²) in [6, 6.07) is 9.54. The van der Waals surface area contributed by atoms with E-state index in [4.69, 9.17) is 0 Å². The summed E-state index contributed by atoms with van der Waals surface area (Å²) in [5, 5.41) is 13.2. The largest absolute Gasteiger partial charge is 0.357 e. The fourth-order valence-corrected chi connectivity index (χ4v) is 4.78. The van der Waals surface area contributed by atoms with E-state index in [2.05, 4.69) is 60.6 Å². The van der Waals surface area contributed by atoms with Crippen molar-refractivity contribution in [1.82, 2.24) is 10.2 Å². The van der Waals surface area contributed by atoms with Gasteiger partial charge >= 0.3 is 0 Å². The van der Waals surface area contributed by atoms with Crippen LogP contribution >= 0.6 is 23.1 Å². The van der Waals surface area contributed by atoms with Gasteiger partial charge in [-0.15, -0.1) is 10.2 Å². The third-order valence-electron chi connectivity index (χ3n) is 4.52. The summed E-state index contributed by atoms with van der Waals surface area (Å²) in [5.41, 5.74) is 2.93. The molecule has 0 bridgehead atoms. The second kappa shape index (κ2) is 7.87. The third kappa shape index (κ3) is 4.96. The minimum atomic E-state index is 0.213. The highest BCUT2D eigenvalue weighted by molar-refractivity contribution is 8.00. The number of hydrogen-bond donors (Lipinski definition) is 1. The van der Waals surface area contributed by atoms with E-state index in [-0.39, 0.29) is 5.41 Å². The van der Waals surface area contributed by atoms with Crippen LogP contribution in [0.25, 0.3) is 0 Å². The van der Waals surface area contributed by atoms with Crippen molar-refractivity contribution in [3.8, 4) is 0 Å². The summed E-state index contributed by atoms with van der Waals surface area (Å²) in [7, 11) is 0. The van der Waals surface area contributed by atoms with E-state index in [1.807, 2.05) is 0 Å². The number of hydrogen-bond acceptors (Lipinski definition) is 5. The Morgan fingerprint density at radius 2 is 1.79 bits per heavy atom. The summed E-state index contributed by atoms with van der Waals surface area (Å²) < 4.78 is 1.05. The minimum Gasteiger partial charge on any atom is -0.357 e. The first kappa shape index (κ1) is 17.7. The Morgan fingerprint density at radius 3 is 2.46 bits per heavy atom. The molecule has 0 radical (unpaired) electrons. The monoisotopic (exact) mass is 361 g/mol. The highest BCUT2D eigenvalue weighted by Gasteiger charge is 2.15. The summed E-state index contributed by atoms with van der Waals surface area (Å²) in [6.45, 7) is 6.75. The Balaban J connectivity index is 1.51. The number of benzene rings is 1. The maximum atomic E-state index is 4.32. The highest BCUT2D eigenvalue weighted by atomic mass is 32.2. The molecule has 0 saturated heterocycles. The van der Waals surface area contributed by atoms with Crippen LogP contribution in [-0.4, -0.2) is 16.2 Å². The molecule has 0 aliphatic heterocycles. The average molecular weight is 362 g/mol. The molecule has 0 amide bonds. The molecule has 2 aromatic rings. The van der Waals surface area contributed by atoms with Crippen LogP contribution in [0.2, 0.25) is 0 Å². The SMILES string of the molecule is CC(C)(C)c1ccc(CSc2nnc(NC3CCCCC3)s2)cc1. The van der Waals surface area contributed by atoms with Crippen molar-refractivity contribution in [2.24, 2.45) is 0 Å². The first-order valence-electron chi connectivity index (χ1n) is 8.83. The lowest BCUT2D eigenvalue weighted by Gasteiger charge is -2.21. The Hall–Kier alpha value is -1.07. The molecule has 1 aromatic heterocycles. The zero-order valence-electron chi connectivity index (χ0n) is 14.8. The maximum Gasteiger partial charge on any atom is 0.206 e. The highest BCUT2D eigenvalue weighted by Crippen LogP contribution is 2.31. The zero-order chi connectivity index (χ0) is 17.0. The summed E-state index contributed by atoms with van der Waals surface area (Å²) in [4.78, 5) is 0. The van der Waals surface area contributed by atoms with Crippen LogP contribution in [0.5, 0.6) is 0 Å². The van der Waals surface area contributed by atoms with Gasteiger partial charge in [-0.1, -0.05) is 87.4 Å². The average Bonchev–Trinajstić information content (AvgIpc) is 3.01. The fourth-order valence-electron chi connectivity index (χ4n) is 2.99. The van der Waals surface area contributed by atoms with E-state index >= 15 is 0 Å². The number of nitrogens with one attached hydrogen (secondary N) is 1. The quantitative estimate of drug-likeness (QED) is 0.676. The lowest BCUT2D eigenvalue weighted by atomic mass is 9.87. The molecule has 0 unspecified atom stereocenters. The van der Waals surface area contributed by atoms with Crippen molar-refractivity contribution in [2.75, 3.05) is 5.32 Å². The number of anilines is 1. The van der Waals surface area contributed by atoms with Gasteiger partial charge in [-0.05, 0) is 29.4 Å². The van der Waals surface area contributed by atoms with Crippen LogP contribution in [0.15, 0.2) is 28.6 Å². The zero-order valence-corrected chi connectivity index (χ0v) is 16.5. The fraction of sp³-hybridized carbons (Fsp3) is 0.579. The standard InChI is InChI=1S/C19H27N3S2/c1-19(2,3)15-11-9-14(10-12-15)13-23-18-22-21-17(24-18)20-16-7-5-4-6-8-16/h9-12,16H,4-8,13H2,1-3H3,(H,20,21). The summed E-state index contributed by atoms with van der Waals surface area (Å²) >= 11 is 3.46. The van der Waals surface area contributed by atoms with Gasteiger partial charge in [-0.25, -0.2) is 0 Å². The molecule has 130 valence electrons. The van der Waals surface area contributed by atoms with Crippen LogP contribution in [-0.2, 0) is 11.2 Å². The van der Waals surface area contributed by atoms with Gasteiger partial charge in [-0.3, -0.25) is 0 Å². The van der Waals surface area contributed by atoms with Gasteiger partial charge in [-0.2, -0.15) is 0 Å². The minimum absolute atomic E-state index is 0.213. The lowest BCUT2D eigenvalue weighted by molar-refractivity contribution is 0.462. The van der Waals surface area contributed by atoms with Crippen LogP contribution in [0, 0.1) is 0 Å². The van der Waals surface area contributed by atoms with Crippen molar-refractivity contribution in [3.05, 3.63) is 35.4 Å². The van der Waals surface area contributed by atoms with Gasteiger partial charge in [0, 0.05) is 11.8 Å². The number of thioether (sulfide) groups is 1. The molecular weight excluding hydrogens is 334 g/mol. The first-order chi connectivity index (χ1) is 11.5. The molecule has 1 N–H and O–H groups in total. The predicted octanol–water partition coefficient (Wildman–Crippen LogP) is 5.87. The van der Waals surface area contributed by atoms with Gasteiger partial charge < -0.3 is 5.32 Å². The van der Waals surface area contributed by atoms with Crippen LogP contribution in [0.3, 0.4) is 0 Å². The molecule has 1 saturated carbocycles. The van der Waals surface area contributed by atoms with Crippen molar-refractivity contribution in [3.63, 3.8) is 0 Å². The van der Waals surface area contributed by atoms with Crippen molar-refractivity contribution >= 4 is 28.2 Å². The van der Waals surface area contributed by atoms with Gasteiger partial charge in [0.15, 0.2) is 4.34 Å². The molecule has 1 aliphatic carbocycles. The number of aromatic nitrogens is 2. The molecule has 24 heavy (non-hydrogen) atoms. The first-order valence-corrected chi connectivity index (χ1v) is 10.6. The number of rotatable bonds is 5. The molecule has 1 aliphatic rings. The van der Waals surface area contributed by atoms with Crippen molar-refractivity contribution in [1.29, 1.82) is 0 Å². The van der Waals surface area contributed by atoms with E-state index in [1.165, 1.54) is 43.2 Å². The molecule has 1 fully saturated rings. The third-order valence-corrected chi connectivity index (χ3v) is 6.58. The van der Waals surface area contributed by atoms with Crippen LogP contribution < -0.4 is 5.32 Å². The predicted molar refractivity (Wildman–Crippen MR) is 105 cm³/mol. The van der Waals surface area contributed by atoms with Crippen LogP contribution in [0.1, 0.15) is 64.0 Å². The lowest BCUT2D eigenvalue weighted by Crippen LogP contribution is -2.21. The van der Waals surface area contributed by atoms with Crippen molar-refractivity contribution < 1.29 is 0 Å². The van der Waals surface area contributed by atoms with Crippen molar-refractivity contribution in [2.45, 2.75) is 74.4 Å². The molecule has 0 spiro atoms. The Labute approximate surface area is 153 Å². The second-order valence-corrected chi connectivity index (χ2v) is 9.79. The second-order valence-electron chi connectivity index (χ2n) is 7.59. The molecule has 1 heterocycles. The van der Waals surface area contributed by atoms with Gasteiger partial charge in [0.25, 0.3) is 0 Å². The number of nitrogens with zero attached hydrogens (tertiary/aromatic N) is 2. The molecule has 1 aromatic carbocycles. The smallest absolute Gasteiger partial charge is 0.206 e. The van der Waals surface area contributed by atoms with E-state index in [1.54, 1.807) is 23.1 Å². The van der Waals surface area contributed by atoms with Gasteiger partial charge in [0.2, 0.25) is 5.13 Å². The van der Waals surface area contributed by atoms with E-state index in [0.29, 0.717) is 6.04 Å². The molecular formula is C19H27N3S2. The van der Waals surface area contributed by atoms with E-state index < -0.39 is 0 Å². The Bertz CT molecular complexity index is 637. The van der Waals surface area contributed by atoms with Gasteiger partial charge in [0.1, 0.15) is 0 Å². The molecule has 3 rings (SSSR count). The van der Waals surface area contributed by atoms with E-state index in [9.17, 15) is 0 Å². The molecule has 5 heteroatoms. The Kier molecular flexibility index (Phi) is 5.82. The van der Waals surface area contributed by atoms with Gasteiger partial charge in [0.05, 0.1) is 0 Å². The van der Waals surface area contributed by atoms with Crippen LogP contribution in [0.4, 0.5) is 5.13 Å². The summed E-state index contributed by atoms with van der Waals surface area (Å²) in [6.07, 6.45) is 6.58.